The predicted molar refractivity (Wildman–Crippen MR) is 84.6 cm³/mol. The number of hydrogen-bond acceptors (Lipinski definition) is 2. The van der Waals surface area contributed by atoms with Crippen LogP contribution in [0.3, 0.4) is 0 Å². The fraction of sp³-hybridized carbons (Fsp3) is 0.125. The third-order valence-corrected chi connectivity index (χ3v) is 4.86. The number of benzene rings is 2. The second kappa shape index (κ2) is 5.45. The Balaban J connectivity index is 1.83. The second-order valence-corrected chi connectivity index (χ2v) is 6.56. The third-order valence-electron chi connectivity index (χ3n) is 3.12. The Labute approximate surface area is 124 Å². The van der Waals surface area contributed by atoms with Crippen molar-refractivity contribution < 1.29 is 5.11 Å². The normalized spacial score (nSPS) is 12.7. The van der Waals surface area contributed by atoms with Crippen LogP contribution in [0.15, 0.2) is 59.1 Å². The zero-order chi connectivity index (χ0) is 13.2. The van der Waals surface area contributed by atoms with E-state index in [2.05, 4.69) is 34.1 Å². The molecule has 0 fully saturated rings. The lowest BCUT2D eigenvalue weighted by Gasteiger charge is -2.08. The minimum atomic E-state index is -0.432. The molecule has 96 valence electrons. The SMILES string of the molecule is OC(Cc1ccc(Br)cc1)c1cc2ccccc2s1. The highest BCUT2D eigenvalue weighted by Crippen LogP contribution is 2.31. The summed E-state index contributed by atoms with van der Waals surface area (Å²) in [6.45, 7) is 0. The van der Waals surface area contributed by atoms with E-state index < -0.39 is 6.10 Å². The standard InChI is InChI=1S/C16H13BrOS/c17-13-7-5-11(6-8-13)9-14(18)16-10-12-3-1-2-4-15(12)19-16/h1-8,10,14,18H,9H2. The largest absolute Gasteiger partial charge is 0.387 e. The number of rotatable bonds is 3. The maximum Gasteiger partial charge on any atom is 0.0922 e. The van der Waals surface area contributed by atoms with Gasteiger partial charge in [-0.2, -0.15) is 0 Å². The zero-order valence-corrected chi connectivity index (χ0v) is 12.6. The molecule has 0 aliphatic rings. The van der Waals surface area contributed by atoms with E-state index in [1.807, 2.05) is 36.4 Å². The first-order chi connectivity index (χ1) is 9.22. The molecule has 0 radical (unpaired) electrons. The van der Waals surface area contributed by atoms with Gasteiger partial charge in [-0.3, -0.25) is 0 Å². The molecule has 0 saturated carbocycles. The topological polar surface area (TPSA) is 20.2 Å². The van der Waals surface area contributed by atoms with Gasteiger partial charge < -0.3 is 5.11 Å². The van der Waals surface area contributed by atoms with Crippen molar-refractivity contribution >= 4 is 37.4 Å². The summed E-state index contributed by atoms with van der Waals surface area (Å²) in [7, 11) is 0. The monoisotopic (exact) mass is 332 g/mol. The molecule has 3 aromatic rings. The molecule has 1 unspecified atom stereocenters. The maximum absolute atomic E-state index is 10.3. The highest BCUT2D eigenvalue weighted by Gasteiger charge is 2.12. The van der Waals surface area contributed by atoms with Crippen molar-refractivity contribution in [1.82, 2.24) is 0 Å². The lowest BCUT2D eigenvalue weighted by atomic mass is 10.1. The summed E-state index contributed by atoms with van der Waals surface area (Å²) in [6.07, 6.45) is 0.221. The first-order valence-electron chi connectivity index (χ1n) is 6.13. The van der Waals surface area contributed by atoms with Gasteiger partial charge in [0.05, 0.1) is 6.10 Å². The Morgan fingerprint density at radius 2 is 1.79 bits per heavy atom. The maximum atomic E-state index is 10.3. The van der Waals surface area contributed by atoms with E-state index in [0.29, 0.717) is 6.42 Å². The first-order valence-corrected chi connectivity index (χ1v) is 7.74. The Kier molecular flexibility index (Phi) is 3.69. The molecule has 0 aliphatic carbocycles. The Morgan fingerprint density at radius 1 is 1.05 bits per heavy atom. The molecule has 0 saturated heterocycles. The highest BCUT2D eigenvalue weighted by molar-refractivity contribution is 9.10. The summed E-state index contributed by atoms with van der Waals surface area (Å²) in [6, 6.07) is 18.4. The molecule has 1 atom stereocenters. The van der Waals surface area contributed by atoms with E-state index in [-0.39, 0.29) is 0 Å². The van der Waals surface area contributed by atoms with E-state index in [0.717, 1.165) is 14.9 Å². The fourth-order valence-electron chi connectivity index (χ4n) is 2.11. The summed E-state index contributed by atoms with van der Waals surface area (Å²) in [5.41, 5.74) is 1.15. The van der Waals surface area contributed by atoms with Crippen LogP contribution < -0.4 is 0 Å². The molecule has 0 amide bonds. The molecule has 19 heavy (non-hydrogen) atoms. The van der Waals surface area contributed by atoms with E-state index in [1.165, 1.54) is 10.1 Å². The van der Waals surface area contributed by atoms with Gasteiger partial charge in [0, 0.05) is 20.5 Å². The Hall–Kier alpha value is -1.16. The highest BCUT2D eigenvalue weighted by atomic mass is 79.9. The van der Waals surface area contributed by atoms with Gasteiger partial charge in [0.15, 0.2) is 0 Å². The number of thiophene rings is 1. The minimum Gasteiger partial charge on any atom is -0.387 e. The molecule has 1 N–H and O–H groups in total. The molecule has 1 nitrogen and oxygen atoms in total. The van der Waals surface area contributed by atoms with Crippen LogP contribution in [0.5, 0.6) is 0 Å². The van der Waals surface area contributed by atoms with Gasteiger partial charge in [-0.25, -0.2) is 0 Å². The van der Waals surface area contributed by atoms with Crippen molar-refractivity contribution in [1.29, 1.82) is 0 Å². The van der Waals surface area contributed by atoms with Crippen LogP contribution in [0, 0.1) is 0 Å². The molecule has 0 aliphatic heterocycles. The minimum absolute atomic E-state index is 0.432. The molecular weight excluding hydrogens is 320 g/mol. The van der Waals surface area contributed by atoms with Gasteiger partial charge in [-0.1, -0.05) is 46.3 Å². The molecule has 0 spiro atoms. The van der Waals surface area contributed by atoms with Crippen molar-refractivity contribution in [3.8, 4) is 0 Å². The number of aliphatic hydroxyl groups excluding tert-OH is 1. The number of aliphatic hydroxyl groups is 1. The zero-order valence-electron chi connectivity index (χ0n) is 10.2. The number of fused-ring (bicyclic) bond motifs is 1. The predicted octanol–water partition coefficient (Wildman–Crippen LogP) is 4.94. The molecule has 1 aromatic heterocycles. The quantitative estimate of drug-likeness (QED) is 0.720. The van der Waals surface area contributed by atoms with Gasteiger partial charge in [0.1, 0.15) is 0 Å². The number of hydrogen-bond donors (Lipinski definition) is 1. The van der Waals surface area contributed by atoms with Gasteiger partial charge >= 0.3 is 0 Å². The summed E-state index contributed by atoms with van der Waals surface area (Å²) >= 11 is 5.09. The summed E-state index contributed by atoms with van der Waals surface area (Å²) < 4.78 is 2.29. The van der Waals surface area contributed by atoms with E-state index in [4.69, 9.17) is 0 Å². The fourth-order valence-corrected chi connectivity index (χ4v) is 3.43. The van der Waals surface area contributed by atoms with Gasteiger partial charge in [0.25, 0.3) is 0 Å². The van der Waals surface area contributed by atoms with Crippen LogP contribution in [0.4, 0.5) is 0 Å². The number of halogens is 1. The van der Waals surface area contributed by atoms with E-state index in [9.17, 15) is 5.11 Å². The Morgan fingerprint density at radius 3 is 2.53 bits per heavy atom. The van der Waals surface area contributed by atoms with Crippen LogP contribution in [0.1, 0.15) is 16.5 Å². The van der Waals surface area contributed by atoms with Crippen LogP contribution in [0.25, 0.3) is 10.1 Å². The molecule has 0 bridgehead atoms. The molecule has 3 heteroatoms. The van der Waals surface area contributed by atoms with Crippen LogP contribution in [0.2, 0.25) is 0 Å². The van der Waals surface area contributed by atoms with Crippen LogP contribution in [-0.2, 0) is 6.42 Å². The van der Waals surface area contributed by atoms with Gasteiger partial charge in [0.2, 0.25) is 0 Å². The van der Waals surface area contributed by atoms with Crippen molar-refractivity contribution in [2.45, 2.75) is 12.5 Å². The van der Waals surface area contributed by atoms with E-state index in [1.54, 1.807) is 11.3 Å². The lowest BCUT2D eigenvalue weighted by Crippen LogP contribution is -1.99. The van der Waals surface area contributed by atoms with Gasteiger partial charge in [-0.15, -0.1) is 11.3 Å². The molecule has 3 rings (SSSR count). The summed E-state index contributed by atoms with van der Waals surface area (Å²) in [4.78, 5) is 1.03. The van der Waals surface area contributed by atoms with Crippen molar-refractivity contribution in [3.63, 3.8) is 0 Å². The molecule has 1 heterocycles. The average Bonchev–Trinajstić information content (AvgIpc) is 2.85. The summed E-state index contributed by atoms with van der Waals surface area (Å²) in [5.74, 6) is 0. The molecular formula is C16H13BrOS. The van der Waals surface area contributed by atoms with Crippen LogP contribution in [-0.4, -0.2) is 5.11 Å². The lowest BCUT2D eigenvalue weighted by molar-refractivity contribution is 0.182. The van der Waals surface area contributed by atoms with Crippen molar-refractivity contribution in [2.24, 2.45) is 0 Å². The third kappa shape index (κ3) is 2.89. The average molecular weight is 333 g/mol. The van der Waals surface area contributed by atoms with E-state index >= 15 is 0 Å². The van der Waals surface area contributed by atoms with Crippen molar-refractivity contribution in [2.75, 3.05) is 0 Å². The van der Waals surface area contributed by atoms with Crippen molar-refractivity contribution in [3.05, 3.63) is 69.5 Å². The first kappa shape index (κ1) is 12.9. The smallest absolute Gasteiger partial charge is 0.0922 e. The Bertz CT molecular complexity index is 654. The summed E-state index contributed by atoms with van der Waals surface area (Å²) in [5, 5.41) is 11.5. The van der Waals surface area contributed by atoms with Gasteiger partial charge in [-0.05, 0) is 35.2 Å². The molecule has 2 aromatic carbocycles. The second-order valence-electron chi connectivity index (χ2n) is 4.53. The van der Waals surface area contributed by atoms with Crippen LogP contribution >= 0.6 is 27.3 Å².